The maximum Gasteiger partial charge on any atom is 0.246 e. The van der Waals surface area contributed by atoms with Gasteiger partial charge in [0.15, 0.2) is 5.69 Å². The lowest BCUT2D eigenvalue weighted by Gasteiger charge is -2.25. The quantitative estimate of drug-likeness (QED) is 0.808. The highest BCUT2D eigenvalue weighted by Gasteiger charge is 2.39. The largest absolute Gasteiger partial charge is 0.299 e. The van der Waals surface area contributed by atoms with Gasteiger partial charge in [-0.3, -0.25) is 4.90 Å². The predicted octanol–water partition coefficient (Wildman–Crippen LogP) is 0.810. The minimum atomic E-state index is -3.65. The molecule has 2 fully saturated rings. The number of likely N-dealkylation sites (N-methyl/N-ethyl adjacent to an activating group) is 1. The van der Waals surface area contributed by atoms with Crippen molar-refractivity contribution in [2.45, 2.75) is 36.2 Å². The van der Waals surface area contributed by atoms with Gasteiger partial charge in [-0.05, 0) is 38.4 Å². The molecule has 2 atom stereocenters. The van der Waals surface area contributed by atoms with Crippen molar-refractivity contribution < 1.29 is 8.42 Å². The number of hydrogen-bond acceptors (Lipinski definition) is 5. The summed E-state index contributed by atoms with van der Waals surface area (Å²) in [6.07, 6.45) is 4.46. The monoisotopic (exact) mass is 306 g/mol. The van der Waals surface area contributed by atoms with E-state index >= 15 is 0 Å². The van der Waals surface area contributed by atoms with Gasteiger partial charge in [-0.25, -0.2) is 13.4 Å². The standard InChI is InChI=1S/C14H18N4O2S/c1-17-11-4-5-12(17)10-18(8-6-11)21(19,20)14-3-2-7-16-13(14)9-15/h2-3,7,11-12H,4-6,8,10H2,1H3. The number of fused-ring (bicyclic) bond motifs is 2. The molecule has 2 aliphatic rings. The molecular formula is C14H18N4O2S. The van der Waals surface area contributed by atoms with Gasteiger partial charge in [-0.1, -0.05) is 0 Å². The third kappa shape index (κ3) is 2.44. The zero-order valence-corrected chi connectivity index (χ0v) is 12.8. The third-order valence-electron chi connectivity index (χ3n) is 4.61. The van der Waals surface area contributed by atoms with Gasteiger partial charge in [0.1, 0.15) is 11.0 Å². The normalized spacial score (nSPS) is 27.2. The van der Waals surface area contributed by atoms with E-state index in [1.54, 1.807) is 6.07 Å². The van der Waals surface area contributed by atoms with Gasteiger partial charge in [0.25, 0.3) is 0 Å². The Labute approximate surface area is 125 Å². The summed E-state index contributed by atoms with van der Waals surface area (Å²) in [6, 6.07) is 5.64. The van der Waals surface area contributed by atoms with Crippen LogP contribution in [-0.2, 0) is 10.0 Å². The highest BCUT2D eigenvalue weighted by Crippen LogP contribution is 2.31. The fourth-order valence-corrected chi connectivity index (χ4v) is 4.90. The van der Waals surface area contributed by atoms with E-state index in [0.717, 1.165) is 19.3 Å². The number of aromatic nitrogens is 1. The molecule has 0 aliphatic carbocycles. The molecule has 3 rings (SSSR count). The highest BCUT2D eigenvalue weighted by molar-refractivity contribution is 7.89. The van der Waals surface area contributed by atoms with Crippen molar-refractivity contribution in [3.8, 4) is 6.07 Å². The van der Waals surface area contributed by atoms with Crippen molar-refractivity contribution in [1.82, 2.24) is 14.2 Å². The Balaban J connectivity index is 1.94. The Hall–Kier alpha value is -1.49. The van der Waals surface area contributed by atoms with Crippen molar-refractivity contribution in [1.29, 1.82) is 5.26 Å². The number of rotatable bonds is 2. The van der Waals surface area contributed by atoms with E-state index in [2.05, 4.69) is 16.9 Å². The lowest BCUT2D eigenvalue weighted by molar-refractivity contribution is 0.246. The Bertz CT molecular complexity index is 682. The average molecular weight is 306 g/mol. The smallest absolute Gasteiger partial charge is 0.246 e. The molecule has 112 valence electrons. The van der Waals surface area contributed by atoms with Crippen LogP contribution in [0.2, 0.25) is 0 Å². The van der Waals surface area contributed by atoms with Crippen LogP contribution in [-0.4, -0.2) is 54.8 Å². The summed E-state index contributed by atoms with van der Waals surface area (Å²) in [7, 11) is -1.58. The van der Waals surface area contributed by atoms with Gasteiger partial charge in [-0.2, -0.15) is 9.57 Å². The first kappa shape index (κ1) is 14.4. The van der Waals surface area contributed by atoms with Gasteiger partial charge < -0.3 is 0 Å². The molecule has 3 heterocycles. The van der Waals surface area contributed by atoms with E-state index in [0.29, 0.717) is 19.1 Å². The lowest BCUT2D eigenvalue weighted by Crippen LogP contribution is -2.39. The molecule has 1 aromatic heterocycles. The third-order valence-corrected chi connectivity index (χ3v) is 6.50. The van der Waals surface area contributed by atoms with Crippen LogP contribution in [0.5, 0.6) is 0 Å². The van der Waals surface area contributed by atoms with E-state index in [9.17, 15) is 8.42 Å². The second-order valence-electron chi connectivity index (χ2n) is 5.66. The molecule has 0 N–H and O–H groups in total. The number of pyridine rings is 1. The van der Waals surface area contributed by atoms with Crippen molar-refractivity contribution in [2.24, 2.45) is 0 Å². The molecule has 2 aliphatic heterocycles. The molecule has 6 nitrogen and oxygen atoms in total. The maximum absolute atomic E-state index is 12.8. The van der Waals surface area contributed by atoms with Crippen molar-refractivity contribution >= 4 is 10.0 Å². The summed E-state index contributed by atoms with van der Waals surface area (Å²) in [5.41, 5.74) is -0.0275. The lowest BCUT2D eigenvalue weighted by atomic mass is 10.1. The number of nitrogens with zero attached hydrogens (tertiary/aromatic N) is 4. The Morgan fingerprint density at radius 1 is 1.33 bits per heavy atom. The zero-order valence-electron chi connectivity index (χ0n) is 11.9. The fraction of sp³-hybridized carbons (Fsp3) is 0.571. The van der Waals surface area contributed by atoms with Crippen LogP contribution in [0, 0.1) is 11.3 Å². The summed E-state index contributed by atoms with van der Waals surface area (Å²) >= 11 is 0. The van der Waals surface area contributed by atoms with Crippen LogP contribution in [0.25, 0.3) is 0 Å². The average Bonchev–Trinajstić information content (AvgIpc) is 2.71. The molecule has 1 aromatic rings. The highest BCUT2D eigenvalue weighted by atomic mass is 32.2. The second kappa shape index (κ2) is 5.37. The molecule has 0 radical (unpaired) electrons. The first-order valence-corrected chi connectivity index (χ1v) is 8.55. The molecule has 0 saturated carbocycles. The molecule has 21 heavy (non-hydrogen) atoms. The summed E-state index contributed by atoms with van der Waals surface area (Å²) in [5.74, 6) is 0. The van der Waals surface area contributed by atoms with Crippen LogP contribution in [0.4, 0.5) is 0 Å². The van der Waals surface area contributed by atoms with E-state index in [-0.39, 0.29) is 16.6 Å². The van der Waals surface area contributed by atoms with Crippen LogP contribution in [0.1, 0.15) is 25.0 Å². The number of nitriles is 1. The van der Waals surface area contributed by atoms with Crippen LogP contribution in [0.3, 0.4) is 0 Å². The summed E-state index contributed by atoms with van der Waals surface area (Å²) in [4.78, 5) is 6.18. The maximum atomic E-state index is 12.8. The van der Waals surface area contributed by atoms with E-state index < -0.39 is 10.0 Å². The van der Waals surface area contributed by atoms with Gasteiger partial charge in [-0.15, -0.1) is 0 Å². The minimum absolute atomic E-state index is 0.0212. The van der Waals surface area contributed by atoms with Gasteiger partial charge in [0.2, 0.25) is 10.0 Å². The topological polar surface area (TPSA) is 77.3 Å². The van der Waals surface area contributed by atoms with Gasteiger partial charge in [0, 0.05) is 31.4 Å². The van der Waals surface area contributed by atoms with Gasteiger partial charge >= 0.3 is 0 Å². The number of sulfonamides is 1. The van der Waals surface area contributed by atoms with Gasteiger partial charge in [0.05, 0.1) is 0 Å². The Morgan fingerprint density at radius 3 is 2.86 bits per heavy atom. The van der Waals surface area contributed by atoms with Crippen molar-refractivity contribution in [3.05, 3.63) is 24.0 Å². The SMILES string of the molecule is CN1C2CCC1CN(S(=O)(=O)c1cccnc1C#N)CC2. The molecular weight excluding hydrogens is 288 g/mol. The molecule has 2 saturated heterocycles. The summed E-state index contributed by atoms with van der Waals surface area (Å²) in [5, 5.41) is 9.08. The van der Waals surface area contributed by atoms with Crippen molar-refractivity contribution in [3.63, 3.8) is 0 Å². The Morgan fingerprint density at radius 2 is 2.10 bits per heavy atom. The molecule has 0 aromatic carbocycles. The van der Waals surface area contributed by atoms with Crippen LogP contribution in [0.15, 0.2) is 23.2 Å². The Kier molecular flexibility index (Phi) is 3.69. The molecule has 2 bridgehead atoms. The molecule has 2 unspecified atom stereocenters. The van der Waals surface area contributed by atoms with Crippen LogP contribution >= 0.6 is 0 Å². The molecule has 0 spiro atoms. The zero-order chi connectivity index (χ0) is 15.0. The van der Waals surface area contributed by atoms with Crippen molar-refractivity contribution in [2.75, 3.05) is 20.1 Å². The first-order chi connectivity index (χ1) is 10.0. The second-order valence-corrected chi connectivity index (χ2v) is 7.57. The number of hydrogen-bond donors (Lipinski definition) is 0. The molecule has 7 heteroatoms. The summed E-state index contributed by atoms with van der Waals surface area (Å²) < 4.78 is 27.2. The first-order valence-electron chi connectivity index (χ1n) is 7.11. The van der Waals surface area contributed by atoms with E-state index in [4.69, 9.17) is 5.26 Å². The van der Waals surface area contributed by atoms with E-state index in [1.807, 2.05) is 6.07 Å². The summed E-state index contributed by atoms with van der Waals surface area (Å²) in [6.45, 7) is 1.00. The predicted molar refractivity (Wildman–Crippen MR) is 76.9 cm³/mol. The minimum Gasteiger partial charge on any atom is -0.299 e. The fourth-order valence-electron chi connectivity index (χ4n) is 3.32. The van der Waals surface area contributed by atoms with E-state index in [1.165, 1.54) is 16.6 Å². The van der Waals surface area contributed by atoms with Crippen LogP contribution < -0.4 is 0 Å². The molecule has 0 amide bonds.